The summed E-state index contributed by atoms with van der Waals surface area (Å²) < 4.78 is 17.4. The van der Waals surface area contributed by atoms with Gasteiger partial charge < -0.3 is 27.8 Å². The van der Waals surface area contributed by atoms with Crippen LogP contribution in [0.15, 0.2) is 591 Å². The van der Waals surface area contributed by atoms with Crippen LogP contribution in [0.1, 0.15) is 0 Å². The predicted molar refractivity (Wildman–Crippen MR) is 629 cm³/mol. The van der Waals surface area contributed by atoms with Gasteiger partial charge in [-0.15, -0.1) is 0 Å². The number of hydrogen-bond acceptors (Lipinski definition) is 4. The van der Waals surface area contributed by atoms with E-state index in [-0.39, 0.29) is 0 Å². The van der Waals surface area contributed by atoms with Crippen molar-refractivity contribution in [2.24, 2.45) is 0 Å². The van der Waals surface area contributed by atoms with E-state index < -0.39 is 16.1 Å². The molecule has 0 bridgehead atoms. The van der Waals surface area contributed by atoms with Gasteiger partial charge in [0.15, 0.2) is 16.1 Å². The molecule has 0 N–H and O–H groups in total. The Bertz CT molecular complexity index is 9590. The standard InChI is InChI=1S/2C70H48N2OSi/c1-4-20-56(21-5-1)74(57-22-6-2-7-23-57,58-24-8-3-9-25-58)59-45-42-54(43-46-59)71(52-38-34-50(35-39-52)61-29-16-19-49-18-10-11-26-60(49)61)53-40-36-51(37-41-53)62-30-17-32-67-70(62)65-28-12-14-31-66(65)72(67)55-44-47-64-63-27-13-15-33-68(63)73-69(64)48-55;1-4-20-56(21-5-1)74(57-22-6-2-7-23-57,58-24-8-3-9-25-58)59-45-42-54(43-46-59)71(52-38-34-50(35-39-52)61-29-16-19-49-18-10-11-26-60(49)61)53-40-36-51(37-41-53)62-30-17-32-67-70(62)64-28-12-14-31-66(64)72(67)55-44-47-69-65(48-55)63-27-13-15-33-68(63)73-69/h2*1-48H. The lowest BCUT2D eigenvalue weighted by Crippen LogP contribution is -2.74. The zero-order chi connectivity index (χ0) is 98.0. The molecule has 0 fully saturated rings. The van der Waals surface area contributed by atoms with Crippen LogP contribution in [0, 0.1) is 0 Å². The first kappa shape index (κ1) is 88.0. The third kappa shape index (κ3) is 15.1. The van der Waals surface area contributed by atoms with Crippen LogP contribution in [-0.4, -0.2) is 25.3 Å². The molecule has 28 aromatic rings. The molecule has 24 aromatic carbocycles. The summed E-state index contributed by atoms with van der Waals surface area (Å²) in [6.45, 7) is 0. The number of para-hydroxylation sites is 4. The molecule has 0 radical (unpaired) electrons. The average Bonchev–Trinajstić information content (AvgIpc) is 1.50. The van der Waals surface area contributed by atoms with Gasteiger partial charge in [0.25, 0.3) is 0 Å². The molecule has 0 atom stereocenters. The fraction of sp³-hybridized carbons (Fsp3) is 0. The largest absolute Gasteiger partial charge is 0.456 e. The van der Waals surface area contributed by atoms with Crippen molar-refractivity contribution in [1.82, 2.24) is 9.13 Å². The van der Waals surface area contributed by atoms with Gasteiger partial charge in [0.2, 0.25) is 0 Å². The minimum atomic E-state index is -2.74. The van der Waals surface area contributed by atoms with E-state index in [2.05, 4.69) is 577 Å². The highest BCUT2D eigenvalue weighted by atomic mass is 28.3. The topological polar surface area (TPSA) is 42.6 Å². The monoisotopic (exact) mass is 1920 g/mol. The molecule has 8 heteroatoms. The highest BCUT2D eigenvalue weighted by Crippen LogP contribution is 2.47. The quantitative estimate of drug-likeness (QED) is 0.0563. The molecule has 0 saturated carbocycles. The number of aromatic nitrogens is 2. The van der Waals surface area contributed by atoms with E-state index in [0.717, 1.165) is 117 Å². The summed E-state index contributed by atoms with van der Waals surface area (Å²) in [7, 11) is -5.47. The second kappa shape index (κ2) is 37.4. The molecule has 0 aliphatic carbocycles. The van der Waals surface area contributed by atoms with Crippen LogP contribution in [0.5, 0.6) is 0 Å². The van der Waals surface area contributed by atoms with Crippen LogP contribution in [0.3, 0.4) is 0 Å². The van der Waals surface area contributed by atoms with Crippen LogP contribution < -0.4 is 51.3 Å². The first-order valence-electron chi connectivity index (χ1n) is 50.8. The maximum absolute atomic E-state index is 6.40. The summed E-state index contributed by atoms with van der Waals surface area (Å²) in [4.78, 5) is 4.80. The van der Waals surface area contributed by atoms with Gasteiger partial charge in [0, 0.05) is 94.7 Å². The van der Waals surface area contributed by atoms with Gasteiger partial charge in [-0.3, -0.25) is 0 Å². The summed E-state index contributed by atoms with van der Waals surface area (Å²) in [5.74, 6) is 0. The van der Waals surface area contributed by atoms with E-state index in [9.17, 15) is 0 Å². The van der Waals surface area contributed by atoms with E-state index >= 15 is 0 Å². The Morgan fingerprint density at radius 3 is 0.784 bits per heavy atom. The molecule has 0 saturated heterocycles. The van der Waals surface area contributed by atoms with Crippen molar-refractivity contribution in [3.63, 3.8) is 0 Å². The highest BCUT2D eigenvalue weighted by molar-refractivity contribution is 7.20. The number of anilines is 6. The summed E-state index contributed by atoms with van der Waals surface area (Å²) in [5.41, 5.74) is 26.4. The van der Waals surface area contributed by atoms with Crippen molar-refractivity contribution in [2.45, 2.75) is 0 Å². The maximum atomic E-state index is 6.40. The van der Waals surface area contributed by atoms with Gasteiger partial charge in [0.1, 0.15) is 22.3 Å². The van der Waals surface area contributed by atoms with Crippen molar-refractivity contribution in [2.75, 3.05) is 9.80 Å². The van der Waals surface area contributed by atoms with Crippen molar-refractivity contribution in [1.29, 1.82) is 0 Å². The van der Waals surface area contributed by atoms with Crippen molar-refractivity contribution in [3.05, 3.63) is 582 Å². The zero-order valence-corrected chi connectivity index (χ0v) is 83.0. The van der Waals surface area contributed by atoms with E-state index in [0.29, 0.717) is 0 Å². The van der Waals surface area contributed by atoms with Crippen LogP contribution in [0.25, 0.3) is 165 Å². The third-order valence-corrected chi connectivity index (χ3v) is 39.9. The third-order valence-electron chi connectivity index (χ3n) is 30.3. The molecular weight excluding hydrogens is 1830 g/mol. The second-order valence-electron chi connectivity index (χ2n) is 38.4. The first-order chi connectivity index (χ1) is 73.4. The van der Waals surface area contributed by atoms with Gasteiger partial charge in [-0.05, 0) is 247 Å². The minimum absolute atomic E-state index is 0.883. The predicted octanol–water partition coefficient (Wildman–Crippen LogP) is 32.0. The average molecular weight is 1920 g/mol. The maximum Gasteiger partial charge on any atom is 0.179 e. The zero-order valence-electron chi connectivity index (χ0n) is 81.0. The second-order valence-corrected chi connectivity index (χ2v) is 46.0. The molecule has 696 valence electrons. The minimum Gasteiger partial charge on any atom is -0.456 e. The van der Waals surface area contributed by atoms with Crippen LogP contribution >= 0.6 is 0 Å². The SMILES string of the molecule is c1ccc([Si](c2ccccc2)(c2ccccc2)c2ccc(N(c3ccc(-c4cccc5ccccc45)cc3)c3ccc(-c4cccc5c4c4ccccc4n5-c4ccc5c(c4)oc4ccccc45)cc3)cc2)cc1.c1ccc([Si](c2ccccc2)(c2ccccc2)c2ccc(N(c3ccc(-c4cccc5ccccc45)cc3)c3ccc(-c4cccc5c4c4ccccc4n5-c4ccc5oc6ccccc6c5c4)cc3)cc2)cc1. The molecule has 148 heavy (non-hydrogen) atoms. The molecule has 4 heterocycles. The number of furan rings is 2. The highest BCUT2D eigenvalue weighted by Gasteiger charge is 2.43. The normalized spacial score (nSPS) is 11.8. The Balaban J connectivity index is 0.000000146. The van der Waals surface area contributed by atoms with Crippen molar-refractivity contribution >= 4 is 201 Å². The lowest BCUT2D eigenvalue weighted by Gasteiger charge is -2.35. The number of fused-ring (bicyclic) bond motifs is 14. The summed E-state index contributed by atoms with van der Waals surface area (Å²) in [6.07, 6.45) is 0. The van der Waals surface area contributed by atoms with E-state index in [4.69, 9.17) is 8.83 Å². The van der Waals surface area contributed by atoms with Crippen LogP contribution in [-0.2, 0) is 0 Å². The molecule has 28 rings (SSSR count). The summed E-state index contributed by atoms with van der Waals surface area (Å²) in [6, 6.07) is 213. The number of rotatable bonds is 20. The first-order valence-corrected chi connectivity index (χ1v) is 54.8. The number of nitrogens with zero attached hydrogens (tertiary/aromatic N) is 4. The van der Waals surface area contributed by atoms with E-state index in [1.165, 1.54) is 123 Å². The Hall–Kier alpha value is -19.0. The lowest BCUT2D eigenvalue weighted by atomic mass is 9.98. The molecular formula is C140H96N4O2Si2. The molecule has 0 unspecified atom stereocenters. The number of benzene rings is 24. The van der Waals surface area contributed by atoms with Crippen LogP contribution in [0.4, 0.5) is 34.1 Å². The van der Waals surface area contributed by atoms with Gasteiger partial charge in [0.05, 0.1) is 22.1 Å². The molecule has 6 nitrogen and oxygen atoms in total. The Kier molecular flexibility index (Phi) is 22.2. The molecule has 0 spiro atoms. The molecule has 4 aromatic heterocycles. The molecule has 0 aliphatic heterocycles. The molecule has 0 amide bonds. The van der Waals surface area contributed by atoms with Crippen LogP contribution in [0.2, 0.25) is 0 Å². The molecule has 0 aliphatic rings. The fourth-order valence-electron chi connectivity index (χ4n) is 23.6. The Labute approximate surface area is 860 Å². The van der Waals surface area contributed by atoms with Gasteiger partial charge in [-0.2, -0.15) is 0 Å². The lowest BCUT2D eigenvalue weighted by molar-refractivity contribution is 0.668. The van der Waals surface area contributed by atoms with Crippen molar-refractivity contribution < 1.29 is 8.83 Å². The summed E-state index contributed by atoms with van der Waals surface area (Å²) >= 11 is 0. The Morgan fingerprint density at radius 1 is 0.155 bits per heavy atom. The smallest absolute Gasteiger partial charge is 0.179 e. The fourth-order valence-corrected chi connectivity index (χ4v) is 33.1. The van der Waals surface area contributed by atoms with E-state index in [1.807, 2.05) is 24.3 Å². The van der Waals surface area contributed by atoms with E-state index in [1.54, 1.807) is 0 Å². The van der Waals surface area contributed by atoms with Gasteiger partial charge in [-0.25, -0.2) is 0 Å². The number of hydrogen-bond donors (Lipinski definition) is 0. The van der Waals surface area contributed by atoms with Crippen molar-refractivity contribution in [3.8, 4) is 55.9 Å². The Morgan fingerprint density at radius 2 is 0.405 bits per heavy atom. The van der Waals surface area contributed by atoms with Gasteiger partial charge in [-0.1, -0.05) is 437 Å². The summed E-state index contributed by atoms with van der Waals surface area (Å²) in [5, 5.41) is 25.1. The van der Waals surface area contributed by atoms with Gasteiger partial charge >= 0.3 is 0 Å².